The number of aromatic nitrogens is 2. The van der Waals surface area contributed by atoms with E-state index in [9.17, 15) is 19.2 Å². The first-order valence-corrected chi connectivity index (χ1v) is 15.6. The van der Waals surface area contributed by atoms with Gasteiger partial charge in [-0.1, -0.05) is 73.5 Å². The summed E-state index contributed by atoms with van der Waals surface area (Å²) in [5.74, 6) is -1.41. The van der Waals surface area contributed by atoms with Gasteiger partial charge in [-0.3, -0.25) is 34.4 Å². The molecule has 5 aromatic rings. The Balaban J connectivity index is 1.35. The minimum Gasteiger partial charge on any atom is -0.323 e. The number of hydrogen-bond acceptors (Lipinski definition) is 7. The second-order valence-electron chi connectivity index (χ2n) is 11.7. The standard InChI is InChI=1S/C37H37N5O5/c1-37(35(45)40-30-15-6-10-26-12-8-22-38-33(26)30,36(46)41-31-16-7-11-27-13-9-23-39-34(27)31)28-20-18-25(19-21-28)24-29(43)14-4-2-3-5-17-32(44)42-47/h6-13,15-16,18-23,47H,2-5,14,17,24H2,1H3,(H,40,45)(H,41,46)(H,42,44). The van der Waals surface area contributed by atoms with Crippen molar-refractivity contribution in [2.75, 3.05) is 10.6 Å². The van der Waals surface area contributed by atoms with E-state index in [4.69, 9.17) is 5.21 Å². The smallest absolute Gasteiger partial charge is 0.244 e. The highest BCUT2D eigenvalue weighted by Crippen LogP contribution is 2.31. The van der Waals surface area contributed by atoms with Crippen LogP contribution in [0, 0.1) is 0 Å². The second kappa shape index (κ2) is 15.2. The van der Waals surface area contributed by atoms with Gasteiger partial charge in [0.05, 0.1) is 22.4 Å². The van der Waals surface area contributed by atoms with Crippen LogP contribution in [0.5, 0.6) is 0 Å². The fraction of sp³-hybridized carbons (Fsp3) is 0.243. The minimum absolute atomic E-state index is 0.0796. The summed E-state index contributed by atoms with van der Waals surface area (Å²) < 4.78 is 0. The van der Waals surface area contributed by atoms with E-state index in [-0.39, 0.29) is 18.6 Å². The molecule has 3 amide bonds. The largest absolute Gasteiger partial charge is 0.323 e. The van der Waals surface area contributed by atoms with E-state index in [1.54, 1.807) is 61.2 Å². The van der Waals surface area contributed by atoms with Crippen LogP contribution >= 0.6 is 0 Å². The van der Waals surface area contributed by atoms with Crippen LogP contribution in [-0.2, 0) is 31.0 Å². The number of nitrogens with zero attached hydrogens (tertiary/aromatic N) is 2. The fourth-order valence-electron chi connectivity index (χ4n) is 5.56. The third-order valence-electron chi connectivity index (χ3n) is 8.34. The Hall–Kier alpha value is -5.48. The monoisotopic (exact) mass is 631 g/mol. The van der Waals surface area contributed by atoms with Crippen molar-refractivity contribution in [3.63, 3.8) is 0 Å². The molecule has 0 aliphatic heterocycles. The first kappa shape index (κ1) is 32.9. The summed E-state index contributed by atoms with van der Waals surface area (Å²) in [6.07, 6.45) is 7.15. The average Bonchev–Trinajstić information content (AvgIpc) is 3.09. The van der Waals surface area contributed by atoms with E-state index in [1.807, 2.05) is 48.5 Å². The van der Waals surface area contributed by atoms with E-state index in [1.165, 1.54) is 0 Å². The summed E-state index contributed by atoms with van der Waals surface area (Å²) in [6, 6.07) is 25.4. The number of unbranched alkanes of at least 4 members (excludes halogenated alkanes) is 3. The first-order chi connectivity index (χ1) is 22.8. The lowest BCUT2D eigenvalue weighted by molar-refractivity contribution is -0.131. The Bertz CT molecular complexity index is 1800. The third-order valence-corrected chi connectivity index (χ3v) is 8.34. The summed E-state index contributed by atoms with van der Waals surface area (Å²) in [5.41, 5.74) is 3.35. The molecule has 0 radical (unpaired) electrons. The normalized spacial score (nSPS) is 11.3. The van der Waals surface area contributed by atoms with Crippen LogP contribution in [-0.4, -0.2) is 38.7 Å². The maximum absolute atomic E-state index is 14.2. The summed E-state index contributed by atoms with van der Waals surface area (Å²) in [5, 5.41) is 16.2. The Morgan fingerprint density at radius 2 is 1.17 bits per heavy atom. The van der Waals surface area contributed by atoms with Crippen LogP contribution in [0.2, 0.25) is 0 Å². The predicted molar refractivity (Wildman–Crippen MR) is 181 cm³/mol. The van der Waals surface area contributed by atoms with Gasteiger partial charge < -0.3 is 10.6 Å². The van der Waals surface area contributed by atoms with Gasteiger partial charge in [0.2, 0.25) is 17.7 Å². The summed E-state index contributed by atoms with van der Waals surface area (Å²) in [4.78, 5) is 61.0. The average molecular weight is 632 g/mol. The van der Waals surface area contributed by atoms with Gasteiger partial charge in [0, 0.05) is 42.4 Å². The van der Waals surface area contributed by atoms with Gasteiger partial charge in [0.15, 0.2) is 5.41 Å². The molecule has 0 saturated carbocycles. The molecule has 0 bridgehead atoms. The summed E-state index contributed by atoms with van der Waals surface area (Å²) >= 11 is 0. The number of ketones is 1. The van der Waals surface area contributed by atoms with Crippen molar-refractivity contribution in [3.05, 3.63) is 108 Å². The number of para-hydroxylation sites is 2. The van der Waals surface area contributed by atoms with Crippen molar-refractivity contribution in [2.24, 2.45) is 0 Å². The lowest BCUT2D eigenvalue weighted by Crippen LogP contribution is -2.47. The van der Waals surface area contributed by atoms with Crippen molar-refractivity contribution >= 4 is 56.7 Å². The molecular formula is C37H37N5O5. The molecule has 0 aliphatic rings. The molecule has 0 spiro atoms. The highest BCUT2D eigenvalue weighted by Gasteiger charge is 2.43. The van der Waals surface area contributed by atoms with Crippen LogP contribution in [0.15, 0.2) is 97.3 Å². The van der Waals surface area contributed by atoms with Gasteiger partial charge >= 0.3 is 0 Å². The van der Waals surface area contributed by atoms with Gasteiger partial charge in [-0.05, 0) is 55.2 Å². The first-order valence-electron chi connectivity index (χ1n) is 15.6. The van der Waals surface area contributed by atoms with Gasteiger partial charge in [0.25, 0.3) is 0 Å². The molecule has 3 aromatic carbocycles. The molecule has 0 atom stereocenters. The zero-order valence-corrected chi connectivity index (χ0v) is 26.2. The molecule has 5 rings (SSSR count). The number of hydrogen-bond donors (Lipinski definition) is 4. The number of hydroxylamine groups is 1. The Labute approximate surface area is 272 Å². The SMILES string of the molecule is CC(C(=O)Nc1cccc2cccnc12)(C(=O)Nc1cccc2cccnc12)c1ccc(CC(=O)CCCCCCC(=O)NO)cc1. The predicted octanol–water partition coefficient (Wildman–Crippen LogP) is 6.28. The number of amides is 3. The van der Waals surface area contributed by atoms with Crippen molar-refractivity contribution < 1.29 is 24.4 Å². The quantitative estimate of drug-likeness (QED) is 0.0488. The highest BCUT2D eigenvalue weighted by atomic mass is 16.5. The van der Waals surface area contributed by atoms with Gasteiger partial charge in [-0.25, -0.2) is 5.48 Å². The van der Waals surface area contributed by atoms with E-state index >= 15 is 0 Å². The number of anilines is 2. The molecule has 2 aromatic heterocycles. The van der Waals surface area contributed by atoms with Crippen molar-refractivity contribution in [3.8, 4) is 0 Å². The van der Waals surface area contributed by atoms with Gasteiger partial charge in [-0.15, -0.1) is 0 Å². The van der Waals surface area contributed by atoms with E-state index in [0.717, 1.165) is 29.2 Å². The number of carbonyl (C=O) groups is 4. The molecular weight excluding hydrogens is 594 g/mol. The van der Waals surface area contributed by atoms with Crippen LogP contribution in [0.4, 0.5) is 11.4 Å². The zero-order chi connectivity index (χ0) is 33.2. The third kappa shape index (κ3) is 7.85. The molecule has 10 heteroatoms. The van der Waals surface area contributed by atoms with E-state index < -0.39 is 23.1 Å². The maximum atomic E-state index is 14.2. The van der Waals surface area contributed by atoms with Gasteiger partial charge in [-0.2, -0.15) is 0 Å². The lowest BCUT2D eigenvalue weighted by Gasteiger charge is -2.28. The summed E-state index contributed by atoms with van der Waals surface area (Å²) in [7, 11) is 0. The van der Waals surface area contributed by atoms with Gasteiger partial charge in [0.1, 0.15) is 5.78 Å². The van der Waals surface area contributed by atoms with Crippen molar-refractivity contribution in [1.82, 2.24) is 15.4 Å². The van der Waals surface area contributed by atoms with Crippen LogP contribution in [0.3, 0.4) is 0 Å². The van der Waals surface area contributed by atoms with Crippen molar-refractivity contribution in [1.29, 1.82) is 0 Å². The second-order valence-corrected chi connectivity index (χ2v) is 11.7. The molecule has 0 aliphatic carbocycles. The molecule has 0 saturated heterocycles. The van der Waals surface area contributed by atoms with Crippen LogP contribution in [0.1, 0.15) is 56.6 Å². The van der Waals surface area contributed by atoms with E-state index in [2.05, 4.69) is 20.6 Å². The molecule has 0 unspecified atom stereocenters. The highest BCUT2D eigenvalue weighted by molar-refractivity contribution is 6.21. The number of pyridine rings is 2. The molecule has 2 heterocycles. The summed E-state index contributed by atoms with van der Waals surface area (Å²) in [6.45, 7) is 1.58. The zero-order valence-electron chi connectivity index (χ0n) is 26.2. The molecule has 0 fully saturated rings. The Morgan fingerprint density at radius 3 is 1.70 bits per heavy atom. The number of benzene rings is 3. The molecule has 47 heavy (non-hydrogen) atoms. The number of Topliss-reactive ketones (excluding diaryl/α,β-unsaturated/α-hetero) is 1. The van der Waals surface area contributed by atoms with Crippen LogP contribution in [0.25, 0.3) is 21.8 Å². The number of fused-ring (bicyclic) bond motifs is 2. The minimum atomic E-state index is -1.68. The number of nitrogens with one attached hydrogen (secondary N) is 3. The van der Waals surface area contributed by atoms with E-state index in [0.29, 0.717) is 47.2 Å². The Kier molecular flexibility index (Phi) is 10.6. The topological polar surface area (TPSA) is 150 Å². The Morgan fingerprint density at radius 1 is 0.660 bits per heavy atom. The fourth-order valence-corrected chi connectivity index (χ4v) is 5.56. The molecule has 10 nitrogen and oxygen atoms in total. The number of rotatable bonds is 14. The van der Waals surface area contributed by atoms with Crippen molar-refractivity contribution in [2.45, 2.75) is 57.3 Å². The number of carbonyl (C=O) groups excluding carboxylic acids is 4. The molecule has 240 valence electrons. The molecule has 4 N–H and O–H groups in total. The lowest BCUT2D eigenvalue weighted by atomic mass is 9.79. The maximum Gasteiger partial charge on any atom is 0.244 e. The van der Waals surface area contributed by atoms with Crippen LogP contribution < -0.4 is 16.1 Å².